The van der Waals surface area contributed by atoms with Crippen LogP contribution in [-0.4, -0.2) is 20.7 Å². The minimum atomic E-state index is -0.488. The summed E-state index contributed by atoms with van der Waals surface area (Å²) in [5, 5.41) is 14.8. The van der Waals surface area contributed by atoms with Gasteiger partial charge in [-0.3, -0.25) is 15.5 Å². The van der Waals surface area contributed by atoms with Gasteiger partial charge in [0.05, 0.1) is 11.1 Å². The van der Waals surface area contributed by atoms with Crippen LogP contribution < -0.4 is 5.43 Å². The summed E-state index contributed by atoms with van der Waals surface area (Å²) in [6.45, 7) is 4.08. The smallest absolute Gasteiger partial charge is 0.287 e. The molecule has 3 aromatic rings. The second kappa shape index (κ2) is 6.96. The third-order valence-corrected chi connectivity index (χ3v) is 3.83. The first kappa shape index (κ1) is 16.4. The predicted molar refractivity (Wildman–Crippen MR) is 97.4 cm³/mol. The summed E-state index contributed by atoms with van der Waals surface area (Å²) < 4.78 is 2.16. The van der Waals surface area contributed by atoms with Crippen molar-refractivity contribution in [3.05, 3.63) is 81.8 Å². The van der Waals surface area contributed by atoms with Crippen LogP contribution in [0, 0.1) is 24.0 Å². The van der Waals surface area contributed by atoms with Crippen molar-refractivity contribution in [1.29, 1.82) is 0 Å². The average Bonchev–Trinajstić information content (AvgIpc) is 2.90. The number of aryl methyl sites for hydroxylation is 1. The monoisotopic (exact) mass is 335 g/mol. The number of rotatable bonds is 5. The Balaban J connectivity index is 1.77. The van der Waals surface area contributed by atoms with E-state index in [1.54, 1.807) is 6.21 Å². The SMILES string of the molecule is Cc1cc(/C=N\Nc2ccc([N+](=O)[O-])cn2)c(C)n1-c1ccccc1. The number of hydrogen-bond donors (Lipinski definition) is 1. The Kier molecular flexibility index (Phi) is 4.56. The van der Waals surface area contributed by atoms with Gasteiger partial charge in [0, 0.05) is 28.7 Å². The molecule has 0 saturated heterocycles. The van der Waals surface area contributed by atoms with Crippen LogP contribution in [0.1, 0.15) is 17.0 Å². The maximum absolute atomic E-state index is 10.6. The second-order valence-corrected chi connectivity index (χ2v) is 5.53. The van der Waals surface area contributed by atoms with Crippen LogP contribution >= 0.6 is 0 Å². The molecule has 0 aliphatic rings. The maximum Gasteiger partial charge on any atom is 0.287 e. The Labute approximate surface area is 144 Å². The summed E-state index contributed by atoms with van der Waals surface area (Å²) >= 11 is 0. The van der Waals surface area contributed by atoms with Crippen LogP contribution in [0.4, 0.5) is 11.5 Å². The molecule has 0 amide bonds. The molecule has 7 nitrogen and oxygen atoms in total. The molecule has 0 spiro atoms. The molecule has 1 N–H and O–H groups in total. The predicted octanol–water partition coefficient (Wildman–Crippen LogP) is 3.84. The Morgan fingerprint density at radius 3 is 2.60 bits per heavy atom. The number of nitrogens with one attached hydrogen (secondary N) is 1. The standard InChI is InChI=1S/C18H17N5O2/c1-13-10-15(14(2)22(13)16-6-4-3-5-7-16)11-20-21-18-9-8-17(12-19-18)23(24)25/h3-12H,1-2H3,(H,19,21)/b20-11-. The molecule has 0 fully saturated rings. The van der Waals surface area contributed by atoms with Crippen molar-refractivity contribution in [3.63, 3.8) is 0 Å². The number of nitrogens with zero attached hydrogens (tertiary/aromatic N) is 4. The van der Waals surface area contributed by atoms with Crippen LogP contribution in [0.5, 0.6) is 0 Å². The number of anilines is 1. The number of hydrazone groups is 1. The van der Waals surface area contributed by atoms with E-state index in [0.717, 1.165) is 22.6 Å². The van der Waals surface area contributed by atoms with Gasteiger partial charge in [0.25, 0.3) is 5.69 Å². The summed E-state index contributed by atoms with van der Waals surface area (Å²) in [5.74, 6) is 0.443. The van der Waals surface area contributed by atoms with Gasteiger partial charge < -0.3 is 4.57 Å². The number of para-hydroxylation sites is 1. The molecule has 3 rings (SSSR count). The molecular weight excluding hydrogens is 318 g/mol. The summed E-state index contributed by atoms with van der Waals surface area (Å²) in [4.78, 5) is 14.1. The third-order valence-electron chi connectivity index (χ3n) is 3.83. The number of aromatic nitrogens is 2. The molecule has 0 radical (unpaired) electrons. The fraction of sp³-hybridized carbons (Fsp3) is 0.111. The minimum Gasteiger partial charge on any atom is -0.318 e. The topological polar surface area (TPSA) is 85.3 Å². The van der Waals surface area contributed by atoms with E-state index in [4.69, 9.17) is 0 Å². The molecule has 25 heavy (non-hydrogen) atoms. The van der Waals surface area contributed by atoms with Crippen molar-refractivity contribution in [2.75, 3.05) is 5.43 Å². The van der Waals surface area contributed by atoms with Gasteiger partial charge in [0.2, 0.25) is 0 Å². The molecule has 2 heterocycles. The second-order valence-electron chi connectivity index (χ2n) is 5.53. The molecule has 0 aliphatic carbocycles. The molecule has 7 heteroatoms. The van der Waals surface area contributed by atoms with Crippen molar-refractivity contribution in [2.45, 2.75) is 13.8 Å². The zero-order valence-corrected chi connectivity index (χ0v) is 13.9. The lowest BCUT2D eigenvalue weighted by molar-refractivity contribution is -0.385. The quantitative estimate of drug-likeness (QED) is 0.436. The third kappa shape index (κ3) is 3.55. The Bertz CT molecular complexity index is 915. The van der Waals surface area contributed by atoms with E-state index in [9.17, 15) is 10.1 Å². The lowest BCUT2D eigenvalue weighted by atomic mass is 10.2. The molecule has 126 valence electrons. The first-order valence-corrected chi connectivity index (χ1v) is 7.70. The fourth-order valence-corrected chi connectivity index (χ4v) is 2.62. The first-order valence-electron chi connectivity index (χ1n) is 7.70. The molecule has 0 saturated carbocycles. The van der Waals surface area contributed by atoms with Gasteiger partial charge >= 0.3 is 0 Å². The highest BCUT2D eigenvalue weighted by Crippen LogP contribution is 2.19. The summed E-state index contributed by atoms with van der Waals surface area (Å²) in [6.07, 6.45) is 2.91. The van der Waals surface area contributed by atoms with Crippen LogP contribution in [-0.2, 0) is 0 Å². The molecule has 0 atom stereocenters. The summed E-state index contributed by atoms with van der Waals surface area (Å²) in [6, 6.07) is 15.1. The Morgan fingerprint density at radius 2 is 1.96 bits per heavy atom. The first-order chi connectivity index (χ1) is 12.1. The number of hydrogen-bond acceptors (Lipinski definition) is 5. The van der Waals surface area contributed by atoms with Crippen LogP contribution in [0.2, 0.25) is 0 Å². The molecular formula is C18H17N5O2. The van der Waals surface area contributed by atoms with Gasteiger partial charge in [0.15, 0.2) is 0 Å². The number of pyridine rings is 1. The molecule has 0 unspecified atom stereocenters. The van der Waals surface area contributed by atoms with Crippen molar-refractivity contribution < 1.29 is 4.92 Å². The summed E-state index contributed by atoms with van der Waals surface area (Å²) in [5.41, 5.74) is 6.99. The van der Waals surface area contributed by atoms with Gasteiger partial charge in [-0.15, -0.1) is 0 Å². The van der Waals surface area contributed by atoms with Crippen molar-refractivity contribution in [3.8, 4) is 5.69 Å². The molecule has 0 bridgehead atoms. The number of benzene rings is 1. The van der Waals surface area contributed by atoms with Crippen LogP contribution in [0.15, 0.2) is 59.8 Å². The van der Waals surface area contributed by atoms with Gasteiger partial charge in [-0.05, 0) is 38.1 Å². The van der Waals surface area contributed by atoms with E-state index in [-0.39, 0.29) is 5.69 Å². The van der Waals surface area contributed by atoms with Crippen LogP contribution in [0.25, 0.3) is 5.69 Å². The van der Waals surface area contributed by atoms with Gasteiger partial charge in [-0.25, -0.2) is 4.98 Å². The average molecular weight is 335 g/mol. The zero-order valence-electron chi connectivity index (χ0n) is 13.9. The Morgan fingerprint density at radius 1 is 1.20 bits per heavy atom. The summed E-state index contributed by atoms with van der Waals surface area (Å²) in [7, 11) is 0. The molecule has 1 aromatic carbocycles. The molecule has 2 aromatic heterocycles. The van der Waals surface area contributed by atoms with Gasteiger partial charge in [-0.2, -0.15) is 5.10 Å². The van der Waals surface area contributed by atoms with Crippen molar-refractivity contribution >= 4 is 17.7 Å². The van der Waals surface area contributed by atoms with E-state index in [2.05, 4.69) is 38.3 Å². The largest absolute Gasteiger partial charge is 0.318 e. The van der Waals surface area contributed by atoms with E-state index >= 15 is 0 Å². The van der Waals surface area contributed by atoms with Gasteiger partial charge in [-0.1, -0.05) is 18.2 Å². The van der Waals surface area contributed by atoms with E-state index in [0.29, 0.717) is 5.82 Å². The highest BCUT2D eigenvalue weighted by Gasteiger charge is 2.09. The normalized spacial score (nSPS) is 11.0. The zero-order chi connectivity index (χ0) is 17.8. The van der Waals surface area contributed by atoms with Gasteiger partial charge in [0.1, 0.15) is 12.0 Å². The van der Waals surface area contributed by atoms with E-state index in [1.807, 2.05) is 32.0 Å². The van der Waals surface area contributed by atoms with E-state index < -0.39 is 4.92 Å². The number of nitro groups is 1. The highest BCUT2D eigenvalue weighted by atomic mass is 16.6. The maximum atomic E-state index is 10.6. The lowest BCUT2D eigenvalue weighted by Crippen LogP contribution is -1.99. The highest BCUT2D eigenvalue weighted by molar-refractivity contribution is 5.82. The van der Waals surface area contributed by atoms with Crippen LogP contribution in [0.3, 0.4) is 0 Å². The van der Waals surface area contributed by atoms with Crippen molar-refractivity contribution in [2.24, 2.45) is 5.10 Å². The van der Waals surface area contributed by atoms with E-state index in [1.165, 1.54) is 18.3 Å². The minimum absolute atomic E-state index is 0.0547. The Hall–Kier alpha value is -3.48. The molecule has 0 aliphatic heterocycles. The lowest BCUT2D eigenvalue weighted by Gasteiger charge is -2.08. The fourth-order valence-electron chi connectivity index (χ4n) is 2.62. The van der Waals surface area contributed by atoms with Crippen molar-refractivity contribution in [1.82, 2.24) is 9.55 Å².